The lowest BCUT2D eigenvalue weighted by Crippen LogP contribution is -2.39. The van der Waals surface area contributed by atoms with Crippen LogP contribution in [0.25, 0.3) is 0 Å². The molecular formula is C11H14O2Si. The first-order chi connectivity index (χ1) is 6.52. The van der Waals surface area contributed by atoms with Crippen LogP contribution >= 0.6 is 0 Å². The third-order valence-corrected chi connectivity index (χ3v) is 4.98. The van der Waals surface area contributed by atoms with E-state index in [4.69, 9.17) is 5.11 Å². The Bertz CT molecular complexity index is 342. The number of benzene rings is 1. The van der Waals surface area contributed by atoms with Gasteiger partial charge >= 0.3 is 5.97 Å². The van der Waals surface area contributed by atoms with Crippen LogP contribution in [-0.4, -0.2) is 19.1 Å². The first kappa shape index (κ1) is 10.7. The predicted octanol–water partition coefficient (Wildman–Crippen LogP) is 1.78. The molecule has 3 heteroatoms. The van der Waals surface area contributed by atoms with Crippen molar-refractivity contribution in [3.05, 3.63) is 42.1 Å². The molecule has 0 bridgehead atoms. The van der Waals surface area contributed by atoms with Gasteiger partial charge in [-0.1, -0.05) is 54.3 Å². The average molecular weight is 206 g/mol. The molecule has 0 aliphatic heterocycles. The predicted molar refractivity (Wildman–Crippen MR) is 60.3 cm³/mol. The van der Waals surface area contributed by atoms with Gasteiger partial charge in [0.25, 0.3) is 0 Å². The van der Waals surface area contributed by atoms with Gasteiger partial charge in [-0.3, -0.25) is 0 Å². The van der Waals surface area contributed by atoms with Gasteiger partial charge in [0.1, 0.15) is 8.07 Å². The summed E-state index contributed by atoms with van der Waals surface area (Å²) in [6.45, 7) is 4.25. The van der Waals surface area contributed by atoms with E-state index in [2.05, 4.69) is 25.2 Å². The Hall–Kier alpha value is -1.35. The minimum absolute atomic E-state index is 0.874. The van der Waals surface area contributed by atoms with E-state index >= 15 is 0 Å². The zero-order valence-electron chi connectivity index (χ0n) is 8.40. The SMILES string of the molecule is C[Si](C)(/C=C/C(=O)O)c1ccccc1. The summed E-state index contributed by atoms with van der Waals surface area (Å²) in [4.78, 5) is 10.4. The first-order valence-corrected chi connectivity index (χ1v) is 7.58. The fraction of sp³-hybridized carbons (Fsp3) is 0.182. The van der Waals surface area contributed by atoms with Gasteiger partial charge in [-0.25, -0.2) is 4.79 Å². The fourth-order valence-electron chi connectivity index (χ4n) is 1.24. The van der Waals surface area contributed by atoms with Crippen LogP contribution in [0.5, 0.6) is 0 Å². The van der Waals surface area contributed by atoms with Crippen LogP contribution in [0, 0.1) is 0 Å². The van der Waals surface area contributed by atoms with E-state index in [0.29, 0.717) is 0 Å². The molecule has 74 valence electrons. The van der Waals surface area contributed by atoms with Crippen molar-refractivity contribution in [1.82, 2.24) is 0 Å². The summed E-state index contributed by atoms with van der Waals surface area (Å²) in [6.07, 6.45) is 1.25. The number of hydrogen-bond acceptors (Lipinski definition) is 1. The maximum atomic E-state index is 10.4. The maximum Gasteiger partial charge on any atom is 0.327 e. The lowest BCUT2D eigenvalue weighted by molar-refractivity contribution is -0.131. The zero-order valence-corrected chi connectivity index (χ0v) is 9.40. The monoisotopic (exact) mass is 206 g/mol. The summed E-state index contributed by atoms with van der Waals surface area (Å²) in [5.74, 6) is -0.874. The minimum Gasteiger partial charge on any atom is -0.478 e. The van der Waals surface area contributed by atoms with Gasteiger partial charge < -0.3 is 5.11 Å². The molecule has 0 unspecified atom stereocenters. The topological polar surface area (TPSA) is 37.3 Å². The fourth-order valence-corrected chi connectivity index (χ4v) is 3.05. The van der Waals surface area contributed by atoms with E-state index < -0.39 is 14.0 Å². The highest BCUT2D eigenvalue weighted by Crippen LogP contribution is 2.04. The molecular weight excluding hydrogens is 192 g/mol. The highest BCUT2D eigenvalue weighted by atomic mass is 28.3. The van der Waals surface area contributed by atoms with E-state index in [1.165, 1.54) is 11.3 Å². The summed E-state index contributed by atoms with van der Waals surface area (Å²) in [7, 11) is -1.70. The molecule has 0 heterocycles. The van der Waals surface area contributed by atoms with Gasteiger partial charge in [0, 0.05) is 6.08 Å². The molecule has 0 saturated carbocycles. The molecule has 0 aliphatic rings. The molecule has 0 amide bonds. The van der Waals surface area contributed by atoms with Crippen LogP contribution in [0.1, 0.15) is 0 Å². The summed E-state index contributed by atoms with van der Waals surface area (Å²) in [5.41, 5.74) is 1.84. The average Bonchev–Trinajstić information content (AvgIpc) is 2.16. The number of aliphatic carboxylic acids is 1. The van der Waals surface area contributed by atoms with Crippen LogP contribution in [0.3, 0.4) is 0 Å². The Balaban J connectivity index is 2.91. The van der Waals surface area contributed by atoms with E-state index in [0.717, 1.165) is 0 Å². The lowest BCUT2D eigenvalue weighted by atomic mass is 10.4. The largest absolute Gasteiger partial charge is 0.478 e. The Morgan fingerprint density at radius 2 is 1.86 bits per heavy atom. The molecule has 0 spiro atoms. The molecule has 0 saturated heterocycles. The van der Waals surface area contributed by atoms with Crippen molar-refractivity contribution in [2.45, 2.75) is 13.1 Å². The molecule has 14 heavy (non-hydrogen) atoms. The Morgan fingerprint density at radius 1 is 1.29 bits per heavy atom. The van der Waals surface area contributed by atoms with Crippen molar-refractivity contribution in [2.24, 2.45) is 0 Å². The molecule has 2 nitrogen and oxygen atoms in total. The molecule has 0 atom stereocenters. The van der Waals surface area contributed by atoms with E-state index in [1.807, 2.05) is 23.9 Å². The Morgan fingerprint density at radius 3 is 2.36 bits per heavy atom. The van der Waals surface area contributed by atoms with E-state index in [9.17, 15) is 4.79 Å². The minimum atomic E-state index is -1.70. The summed E-state index contributed by atoms with van der Waals surface area (Å²) >= 11 is 0. The Labute approximate surface area is 84.9 Å². The molecule has 1 aromatic carbocycles. The summed E-state index contributed by atoms with van der Waals surface area (Å²) < 4.78 is 0. The lowest BCUT2D eigenvalue weighted by Gasteiger charge is -2.17. The van der Waals surface area contributed by atoms with Gasteiger partial charge in [0.05, 0.1) is 0 Å². The summed E-state index contributed by atoms with van der Waals surface area (Å²) in [5, 5.41) is 9.81. The van der Waals surface area contributed by atoms with Crippen molar-refractivity contribution in [3.8, 4) is 0 Å². The number of carboxylic acids is 1. The highest BCUT2D eigenvalue weighted by molar-refractivity contribution is 6.94. The molecule has 1 rings (SSSR count). The Kier molecular flexibility index (Phi) is 3.25. The molecule has 1 aromatic rings. The van der Waals surface area contributed by atoms with Gasteiger partial charge in [-0.05, 0) is 0 Å². The van der Waals surface area contributed by atoms with Gasteiger partial charge in [0.2, 0.25) is 0 Å². The number of carboxylic acid groups (broad SMARTS) is 1. The van der Waals surface area contributed by atoms with Gasteiger partial charge in [0.15, 0.2) is 0 Å². The normalized spacial score (nSPS) is 11.9. The standard InChI is InChI=1S/C11H14O2Si/c1-14(2,9-8-11(12)13)10-6-4-3-5-7-10/h3-9H,1-2H3,(H,12,13)/b9-8+. The van der Waals surface area contributed by atoms with Gasteiger partial charge in [-0.15, -0.1) is 0 Å². The van der Waals surface area contributed by atoms with Crippen LogP contribution < -0.4 is 5.19 Å². The maximum absolute atomic E-state index is 10.4. The molecule has 0 fully saturated rings. The molecule has 0 aromatic heterocycles. The van der Waals surface area contributed by atoms with E-state index in [-0.39, 0.29) is 0 Å². The molecule has 1 N–H and O–H groups in total. The highest BCUT2D eigenvalue weighted by Gasteiger charge is 2.19. The molecule has 0 aliphatic carbocycles. The van der Waals surface area contributed by atoms with E-state index in [1.54, 1.807) is 0 Å². The van der Waals surface area contributed by atoms with Crippen molar-refractivity contribution in [1.29, 1.82) is 0 Å². The smallest absolute Gasteiger partial charge is 0.327 e. The summed E-state index contributed by atoms with van der Waals surface area (Å²) in [6, 6.07) is 10.0. The number of carbonyl (C=O) groups is 1. The second kappa shape index (κ2) is 4.24. The second-order valence-electron chi connectivity index (χ2n) is 3.76. The van der Waals surface area contributed by atoms with Crippen LogP contribution in [0.4, 0.5) is 0 Å². The van der Waals surface area contributed by atoms with Crippen molar-refractivity contribution >= 4 is 19.2 Å². The zero-order chi connectivity index (χ0) is 10.6. The van der Waals surface area contributed by atoms with Gasteiger partial charge in [-0.2, -0.15) is 0 Å². The number of rotatable bonds is 3. The van der Waals surface area contributed by atoms with Crippen LogP contribution in [0.15, 0.2) is 42.1 Å². The second-order valence-corrected chi connectivity index (χ2v) is 8.11. The molecule has 0 radical (unpaired) electrons. The first-order valence-electron chi connectivity index (χ1n) is 4.50. The van der Waals surface area contributed by atoms with Crippen LogP contribution in [-0.2, 0) is 4.79 Å². The van der Waals surface area contributed by atoms with Crippen molar-refractivity contribution in [3.63, 3.8) is 0 Å². The third-order valence-electron chi connectivity index (χ3n) is 2.16. The van der Waals surface area contributed by atoms with Crippen molar-refractivity contribution < 1.29 is 9.90 Å². The third kappa shape index (κ3) is 2.85. The quantitative estimate of drug-likeness (QED) is 0.604. The van der Waals surface area contributed by atoms with Crippen molar-refractivity contribution in [2.75, 3.05) is 0 Å². The number of hydrogen-bond donors (Lipinski definition) is 1. The van der Waals surface area contributed by atoms with Crippen LogP contribution in [0.2, 0.25) is 13.1 Å².